The Labute approximate surface area is 102 Å². The van der Waals surface area contributed by atoms with E-state index in [0.717, 1.165) is 19.3 Å². The van der Waals surface area contributed by atoms with Gasteiger partial charge in [0, 0.05) is 6.04 Å². The van der Waals surface area contributed by atoms with Gasteiger partial charge in [-0.15, -0.1) is 0 Å². The molecule has 0 aliphatic heterocycles. The summed E-state index contributed by atoms with van der Waals surface area (Å²) in [7, 11) is 0. The van der Waals surface area contributed by atoms with Gasteiger partial charge in [-0.05, 0) is 38.2 Å². The predicted octanol–water partition coefficient (Wildman–Crippen LogP) is 2.21. The topological polar surface area (TPSA) is 49.3 Å². The van der Waals surface area contributed by atoms with Crippen LogP contribution in [0.1, 0.15) is 31.7 Å². The minimum Gasteiger partial charge on any atom is -0.480 e. The summed E-state index contributed by atoms with van der Waals surface area (Å²) in [5.41, 5.74) is 0.398. The van der Waals surface area contributed by atoms with Crippen LogP contribution in [-0.4, -0.2) is 22.7 Å². The second kappa shape index (κ2) is 4.88. The number of carbonyl (C=O) groups is 1. The molecule has 0 bridgehead atoms. The molecule has 0 spiro atoms. The molecule has 0 radical (unpaired) electrons. The summed E-state index contributed by atoms with van der Waals surface area (Å²) < 4.78 is 0. The van der Waals surface area contributed by atoms with Crippen molar-refractivity contribution in [1.29, 1.82) is 0 Å². The van der Waals surface area contributed by atoms with Crippen LogP contribution in [0.5, 0.6) is 0 Å². The quantitative estimate of drug-likeness (QED) is 0.792. The van der Waals surface area contributed by atoms with Crippen LogP contribution in [0.2, 0.25) is 0 Å². The second-order valence-corrected chi connectivity index (χ2v) is 5.04. The molecule has 17 heavy (non-hydrogen) atoms. The zero-order valence-electron chi connectivity index (χ0n) is 10.1. The number of carboxylic acid groups (broad SMARTS) is 1. The molecule has 92 valence electrons. The molecule has 0 heterocycles. The van der Waals surface area contributed by atoms with Crippen molar-refractivity contribution in [1.82, 2.24) is 5.32 Å². The van der Waals surface area contributed by atoms with Crippen LogP contribution in [-0.2, 0) is 11.2 Å². The van der Waals surface area contributed by atoms with E-state index >= 15 is 0 Å². The lowest BCUT2D eigenvalue weighted by Gasteiger charge is -2.26. The van der Waals surface area contributed by atoms with E-state index in [1.165, 1.54) is 5.56 Å². The Bertz CT molecular complexity index is 386. The number of hydrogen-bond donors (Lipinski definition) is 2. The van der Waals surface area contributed by atoms with E-state index in [1.54, 1.807) is 6.92 Å². The lowest BCUT2D eigenvalue weighted by Crippen LogP contribution is -2.50. The Hall–Kier alpha value is -1.35. The van der Waals surface area contributed by atoms with E-state index in [9.17, 15) is 9.90 Å². The van der Waals surface area contributed by atoms with Crippen molar-refractivity contribution in [3.63, 3.8) is 0 Å². The molecule has 0 amide bonds. The van der Waals surface area contributed by atoms with Gasteiger partial charge in [0.05, 0.1) is 0 Å². The first-order valence-electron chi connectivity index (χ1n) is 6.15. The van der Waals surface area contributed by atoms with Crippen molar-refractivity contribution < 1.29 is 9.90 Å². The van der Waals surface area contributed by atoms with Crippen molar-refractivity contribution in [2.24, 2.45) is 0 Å². The van der Waals surface area contributed by atoms with Gasteiger partial charge in [0.15, 0.2) is 0 Å². The van der Waals surface area contributed by atoms with Crippen molar-refractivity contribution in [3.05, 3.63) is 35.9 Å². The highest BCUT2D eigenvalue weighted by molar-refractivity contribution is 5.78. The van der Waals surface area contributed by atoms with Gasteiger partial charge in [0.25, 0.3) is 0 Å². The maximum atomic E-state index is 11.3. The minimum absolute atomic E-state index is 0.409. The lowest BCUT2D eigenvalue weighted by molar-refractivity contribution is -0.144. The molecule has 1 saturated carbocycles. The first kappa shape index (κ1) is 12.1. The fourth-order valence-corrected chi connectivity index (χ4v) is 1.96. The van der Waals surface area contributed by atoms with Gasteiger partial charge in [-0.2, -0.15) is 0 Å². The van der Waals surface area contributed by atoms with Gasteiger partial charge < -0.3 is 5.11 Å². The molecule has 1 fully saturated rings. The zero-order valence-corrected chi connectivity index (χ0v) is 10.1. The number of carboxylic acids is 1. The van der Waals surface area contributed by atoms with Crippen LogP contribution < -0.4 is 5.32 Å². The lowest BCUT2D eigenvalue weighted by atomic mass is 9.93. The zero-order chi connectivity index (χ0) is 12.3. The van der Waals surface area contributed by atoms with E-state index in [-0.39, 0.29) is 0 Å². The van der Waals surface area contributed by atoms with Gasteiger partial charge in [0.2, 0.25) is 0 Å². The molecular formula is C14H19NO2. The Kier molecular flexibility index (Phi) is 3.48. The van der Waals surface area contributed by atoms with Crippen LogP contribution in [0, 0.1) is 0 Å². The summed E-state index contributed by atoms with van der Waals surface area (Å²) in [5, 5.41) is 12.6. The first-order chi connectivity index (χ1) is 8.10. The third-order valence-electron chi connectivity index (χ3n) is 3.33. The van der Waals surface area contributed by atoms with Gasteiger partial charge >= 0.3 is 5.97 Å². The van der Waals surface area contributed by atoms with Crippen LogP contribution in [0.25, 0.3) is 0 Å². The summed E-state index contributed by atoms with van der Waals surface area (Å²) in [6.07, 6.45) is 3.63. The highest BCUT2D eigenvalue weighted by atomic mass is 16.4. The third-order valence-corrected chi connectivity index (χ3v) is 3.33. The van der Waals surface area contributed by atoms with E-state index < -0.39 is 11.5 Å². The molecular weight excluding hydrogens is 214 g/mol. The van der Waals surface area contributed by atoms with Crippen LogP contribution in [0.3, 0.4) is 0 Å². The molecule has 1 aromatic carbocycles. The molecule has 2 N–H and O–H groups in total. The molecule has 1 aromatic rings. The third kappa shape index (κ3) is 3.30. The second-order valence-electron chi connectivity index (χ2n) is 5.04. The number of benzene rings is 1. The molecule has 0 saturated heterocycles. The maximum Gasteiger partial charge on any atom is 0.323 e. The Morgan fingerprint density at radius 1 is 1.41 bits per heavy atom. The fraction of sp³-hybridized carbons (Fsp3) is 0.500. The average Bonchev–Trinajstić information content (AvgIpc) is 3.11. The van der Waals surface area contributed by atoms with Gasteiger partial charge in [-0.25, -0.2) is 0 Å². The van der Waals surface area contributed by atoms with Crippen LogP contribution >= 0.6 is 0 Å². The smallest absolute Gasteiger partial charge is 0.323 e. The molecule has 3 nitrogen and oxygen atoms in total. The molecule has 1 unspecified atom stereocenters. The highest BCUT2D eigenvalue weighted by Crippen LogP contribution is 2.25. The number of aliphatic carboxylic acids is 1. The van der Waals surface area contributed by atoms with Gasteiger partial charge in [0.1, 0.15) is 5.54 Å². The fourth-order valence-electron chi connectivity index (χ4n) is 1.96. The summed E-state index contributed by atoms with van der Waals surface area (Å²) in [5.74, 6) is -0.750. The van der Waals surface area contributed by atoms with Crippen LogP contribution in [0.15, 0.2) is 30.3 Å². The Morgan fingerprint density at radius 3 is 2.59 bits per heavy atom. The van der Waals surface area contributed by atoms with Crippen molar-refractivity contribution in [2.75, 3.05) is 0 Å². The molecule has 1 aliphatic carbocycles. The van der Waals surface area contributed by atoms with Crippen molar-refractivity contribution >= 4 is 5.97 Å². The average molecular weight is 233 g/mol. The maximum absolute atomic E-state index is 11.3. The molecule has 2 rings (SSSR count). The van der Waals surface area contributed by atoms with Gasteiger partial charge in [-0.3, -0.25) is 10.1 Å². The van der Waals surface area contributed by atoms with Gasteiger partial charge in [-0.1, -0.05) is 30.3 Å². The molecule has 0 aromatic heterocycles. The largest absolute Gasteiger partial charge is 0.480 e. The number of hydrogen-bond acceptors (Lipinski definition) is 2. The first-order valence-corrected chi connectivity index (χ1v) is 6.15. The van der Waals surface area contributed by atoms with E-state index in [0.29, 0.717) is 12.5 Å². The number of aryl methyl sites for hydroxylation is 1. The highest BCUT2D eigenvalue weighted by Gasteiger charge is 2.37. The molecule has 3 heteroatoms. The van der Waals surface area contributed by atoms with Crippen molar-refractivity contribution in [3.8, 4) is 0 Å². The Morgan fingerprint density at radius 2 is 2.06 bits per heavy atom. The Balaban J connectivity index is 1.95. The standard InChI is InChI=1S/C14H19NO2/c1-14(13(16)17,15-12-7-8-12)10-9-11-5-3-2-4-6-11/h2-6,12,15H,7-10H2,1H3,(H,16,17). The summed E-state index contributed by atoms with van der Waals surface area (Å²) >= 11 is 0. The van der Waals surface area contributed by atoms with Crippen molar-refractivity contribution in [2.45, 2.75) is 44.2 Å². The summed E-state index contributed by atoms with van der Waals surface area (Å²) in [4.78, 5) is 11.3. The van der Waals surface area contributed by atoms with E-state index in [4.69, 9.17) is 0 Å². The normalized spacial score (nSPS) is 18.6. The summed E-state index contributed by atoms with van der Waals surface area (Å²) in [6, 6.07) is 10.4. The van der Waals surface area contributed by atoms with E-state index in [2.05, 4.69) is 5.32 Å². The SMILES string of the molecule is CC(CCc1ccccc1)(NC1CC1)C(=O)O. The number of rotatable bonds is 6. The predicted molar refractivity (Wildman–Crippen MR) is 67.0 cm³/mol. The minimum atomic E-state index is -0.795. The monoisotopic (exact) mass is 233 g/mol. The molecule has 1 atom stereocenters. The van der Waals surface area contributed by atoms with Crippen LogP contribution in [0.4, 0.5) is 0 Å². The molecule has 1 aliphatic rings. The van der Waals surface area contributed by atoms with E-state index in [1.807, 2.05) is 30.3 Å². The number of nitrogens with one attached hydrogen (secondary N) is 1. The summed E-state index contributed by atoms with van der Waals surface area (Å²) in [6.45, 7) is 1.79.